The standard InChI is InChI=1S/C15H23N3O4/c1-9-7-17(8-12(22-9)14(20)21)13(19)11-6-16-18(10(11)2)15(3,4)5/h6,9,12H,7-8H2,1-5H3,(H,20,21)/t9-,12?/m1/s1. The summed E-state index contributed by atoms with van der Waals surface area (Å²) in [6.07, 6.45) is 0.265. The van der Waals surface area contributed by atoms with Crippen molar-refractivity contribution < 1.29 is 19.4 Å². The Balaban J connectivity index is 2.25. The van der Waals surface area contributed by atoms with Crippen LogP contribution in [-0.2, 0) is 15.1 Å². The molecule has 1 aliphatic heterocycles. The minimum Gasteiger partial charge on any atom is -0.479 e. The van der Waals surface area contributed by atoms with Crippen molar-refractivity contribution in [2.24, 2.45) is 0 Å². The minimum absolute atomic E-state index is 0.0542. The van der Waals surface area contributed by atoms with Crippen molar-refractivity contribution in [2.45, 2.75) is 52.4 Å². The van der Waals surface area contributed by atoms with E-state index in [1.54, 1.807) is 17.8 Å². The molecule has 22 heavy (non-hydrogen) atoms. The predicted octanol–water partition coefficient (Wildman–Crippen LogP) is 1.26. The van der Waals surface area contributed by atoms with E-state index in [9.17, 15) is 9.59 Å². The number of carboxylic acids is 1. The predicted molar refractivity (Wildman–Crippen MR) is 79.8 cm³/mol. The Hall–Kier alpha value is -1.89. The molecule has 0 aliphatic carbocycles. The van der Waals surface area contributed by atoms with Gasteiger partial charge in [0.2, 0.25) is 0 Å². The fourth-order valence-electron chi connectivity index (χ4n) is 2.72. The fourth-order valence-corrected chi connectivity index (χ4v) is 2.72. The Kier molecular flexibility index (Phi) is 4.28. The second-order valence-corrected chi connectivity index (χ2v) is 6.71. The van der Waals surface area contributed by atoms with Gasteiger partial charge in [0.15, 0.2) is 6.10 Å². The first-order valence-corrected chi connectivity index (χ1v) is 7.34. The van der Waals surface area contributed by atoms with E-state index < -0.39 is 12.1 Å². The first-order valence-electron chi connectivity index (χ1n) is 7.34. The highest BCUT2D eigenvalue weighted by Gasteiger charge is 2.34. The van der Waals surface area contributed by atoms with E-state index in [-0.39, 0.29) is 24.1 Å². The number of hydrogen-bond acceptors (Lipinski definition) is 4. The Morgan fingerprint density at radius 3 is 2.50 bits per heavy atom. The van der Waals surface area contributed by atoms with Crippen LogP contribution >= 0.6 is 0 Å². The molecule has 2 rings (SSSR count). The molecule has 2 heterocycles. The lowest BCUT2D eigenvalue weighted by molar-refractivity contribution is -0.160. The van der Waals surface area contributed by atoms with Gasteiger partial charge in [-0.3, -0.25) is 9.48 Å². The van der Waals surface area contributed by atoms with Gasteiger partial charge in [0.1, 0.15) is 0 Å². The highest BCUT2D eigenvalue weighted by Crippen LogP contribution is 2.21. The lowest BCUT2D eigenvalue weighted by Gasteiger charge is -2.35. The highest BCUT2D eigenvalue weighted by molar-refractivity contribution is 5.95. The van der Waals surface area contributed by atoms with Gasteiger partial charge >= 0.3 is 5.97 Å². The molecule has 1 unspecified atom stereocenters. The molecule has 1 fully saturated rings. The van der Waals surface area contributed by atoms with Crippen LogP contribution in [0.5, 0.6) is 0 Å². The third-order valence-corrected chi connectivity index (χ3v) is 3.70. The van der Waals surface area contributed by atoms with Gasteiger partial charge in [-0.25, -0.2) is 4.79 Å². The second-order valence-electron chi connectivity index (χ2n) is 6.71. The zero-order chi connectivity index (χ0) is 16.7. The van der Waals surface area contributed by atoms with Crippen molar-refractivity contribution in [1.82, 2.24) is 14.7 Å². The largest absolute Gasteiger partial charge is 0.479 e. The van der Waals surface area contributed by atoms with Crippen LogP contribution in [0.1, 0.15) is 43.7 Å². The van der Waals surface area contributed by atoms with Gasteiger partial charge in [-0.15, -0.1) is 0 Å². The smallest absolute Gasteiger partial charge is 0.334 e. The summed E-state index contributed by atoms with van der Waals surface area (Å²) in [6.45, 7) is 10.1. The van der Waals surface area contributed by atoms with Crippen molar-refractivity contribution in [3.63, 3.8) is 0 Å². The molecule has 0 spiro atoms. The third-order valence-electron chi connectivity index (χ3n) is 3.70. The maximum Gasteiger partial charge on any atom is 0.334 e. The number of aromatic nitrogens is 2. The maximum atomic E-state index is 12.7. The summed E-state index contributed by atoms with van der Waals surface area (Å²) in [4.78, 5) is 25.4. The number of nitrogens with zero attached hydrogens (tertiary/aromatic N) is 3. The average molecular weight is 309 g/mol. The van der Waals surface area contributed by atoms with Gasteiger partial charge in [-0.2, -0.15) is 5.10 Å². The quantitative estimate of drug-likeness (QED) is 0.889. The molecule has 1 aromatic rings. The highest BCUT2D eigenvalue weighted by atomic mass is 16.5. The Bertz CT molecular complexity index is 588. The van der Waals surface area contributed by atoms with E-state index in [1.165, 1.54) is 4.90 Å². The maximum absolute atomic E-state index is 12.7. The van der Waals surface area contributed by atoms with Crippen LogP contribution < -0.4 is 0 Å². The second kappa shape index (κ2) is 5.72. The number of carbonyl (C=O) groups excluding carboxylic acids is 1. The lowest BCUT2D eigenvalue weighted by Crippen LogP contribution is -2.51. The zero-order valence-electron chi connectivity index (χ0n) is 13.7. The summed E-state index contributed by atoms with van der Waals surface area (Å²) in [5.41, 5.74) is 1.07. The molecule has 7 heteroatoms. The first kappa shape index (κ1) is 16.5. The number of rotatable bonds is 2. The summed E-state index contributed by atoms with van der Waals surface area (Å²) in [5.74, 6) is -1.25. The molecule has 0 aromatic carbocycles. The number of morpholine rings is 1. The first-order chi connectivity index (χ1) is 10.1. The van der Waals surface area contributed by atoms with Gasteiger partial charge in [-0.05, 0) is 34.6 Å². The van der Waals surface area contributed by atoms with Crippen molar-refractivity contribution in [3.05, 3.63) is 17.5 Å². The minimum atomic E-state index is -1.05. The number of carbonyl (C=O) groups is 2. The Labute approximate surface area is 129 Å². The van der Waals surface area contributed by atoms with Crippen molar-refractivity contribution >= 4 is 11.9 Å². The van der Waals surface area contributed by atoms with E-state index in [1.807, 2.05) is 27.7 Å². The van der Waals surface area contributed by atoms with Crippen LogP contribution in [0.15, 0.2) is 6.20 Å². The van der Waals surface area contributed by atoms with E-state index in [0.29, 0.717) is 12.1 Å². The number of aliphatic carboxylic acids is 1. The Morgan fingerprint density at radius 1 is 1.36 bits per heavy atom. The summed E-state index contributed by atoms with van der Waals surface area (Å²) < 4.78 is 7.14. The third kappa shape index (κ3) is 3.14. The molecule has 2 atom stereocenters. The average Bonchev–Trinajstić information content (AvgIpc) is 2.78. The van der Waals surface area contributed by atoms with Gasteiger partial charge < -0.3 is 14.7 Å². The van der Waals surface area contributed by atoms with Crippen LogP contribution in [0.3, 0.4) is 0 Å². The molecule has 1 aromatic heterocycles. The zero-order valence-corrected chi connectivity index (χ0v) is 13.7. The summed E-state index contributed by atoms with van der Waals surface area (Å²) >= 11 is 0. The molecule has 7 nitrogen and oxygen atoms in total. The van der Waals surface area contributed by atoms with E-state index in [0.717, 1.165) is 5.69 Å². The number of ether oxygens (including phenoxy) is 1. The van der Waals surface area contributed by atoms with Gasteiger partial charge in [-0.1, -0.05) is 0 Å². The van der Waals surface area contributed by atoms with Crippen molar-refractivity contribution in [3.8, 4) is 0 Å². The number of amides is 1. The van der Waals surface area contributed by atoms with Crippen molar-refractivity contribution in [1.29, 1.82) is 0 Å². The molecule has 1 N–H and O–H groups in total. The summed E-state index contributed by atoms with van der Waals surface area (Å²) in [7, 11) is 0. The fraction of sp³-hybridized carbons (Fsp3) is 0.667. The van der Waals surface area contributed by atoms with Crippen LogP contribution in [0, 0.1) is 6.92 Å². The van der Waals surface area contributed by atoms with Crippen LogP contribution in [-0.4, -0.2) is 57.0 Å². The van der Waals surface area contributed by atoms with Crippen LogP contribution in [0.25, 0.3) is 0 Å². The SMILES string of the molecule is Cc1c(C(=O)N2CC(C(=O)O)O[C@H](C)C2)cnn1C(C)(C)C. The molecule has 0 saturated carbocycles. The molecular formula is C15H23N3O4. The van der Waals surface area contributed by atoms with E-state index in [2.05, 4.69) is 5.10 Å². The molecular weight excluding hydrogens is 286 g/mol. The van der Waals surface area contributed by atoms with E-state index in [4.69, 9.17) is 9.84 Å². The van der Waals surface area contributed by atoms with Crippen LogP contribution in [0.2, 0.25) is 0 Å². The number of carboxylic acid groups (broad SMARTS) is 1. The molecule has 122 valence electrons. The van der Waals surface area contributed by atoms with Gasteiger partial charge in [0.25, 0.3) is 5.91 Å². The van der Waals surface area contributed by atoms with E-state index >= 15 is 0 Å². The summed E-state index contributed by atoms with van der Waals surface area (Å²) in [6, 6.07) is 0. The molecule has 1 amide bonds. The summed E-state index contributed by atoms with van der Waals surface area (Å²) in [5, 5.41) is 13.4. The normalized spacial score (nSPS) is 22.7. The Morgan fingerprint density at radius 2 is 2.00 bits per heavy atom. The molecule has 0 bridgehead atoms. The monoisotopic (exact) mass is 309 g/mol. The topological polar surface area (TPSA) is 84.7 Å². The van der Waals surface area contributed by atoms with Gasteiger partial charge in [0, 0.05) is 12.2 Å². The van der Waals surface area contributed by atoms with Crippen molar-refractivity contribution in [2.75, 3.05) is 13.1 Å². The molecule has 0 radical (unpaired) electrons. The van der Waals surface area contributed by atoms with Crippen LogP contribution in [0.4, 0.5) is 0 Å². The lowest BCUT2D eigenvalue weighted by atomic mass is 10.1. The number of hydrogen-bond donors (Lipinski definition) is 1. The molecule has 1 aliphatic rings. The van der Waals surface area contributed by atoms with Gasteiger partial charge in [0.05, 0.1) is 29.9 Å². The molecule has 1 saturated heterocycles.